The van der Waals surface area contributed by atoms with E-state index in [0.717, 1.165) is 33.7 Å². The van der Waals surface area contributed by atoms with Gasteiger partial charge in [-0.2, -0.15) is 0 Å². The lowest BCUT2D eigenvalue weighted by molar-refractivity contribution is -0.140. The molecule has 3 aromatic rings. The number of carbonyl (C=O) groups excluding carboxylic acids is 2. The Morgan fingerprint density at radius 3 is 2.08 bits per heavy atom. The van der Waals surface area contributed by atoms with Gasteiger partial charge >= 0.3 is 0 Å². The third-order valence-electron chi connectivity index (χ3n) is 6.32. The fraction of sp³-hybridized carbons (Fsp3) is 0.355. The summed E-state index contributed by atoms with van der Waals surface area (Å²) in [5.41, 5.74) is 2.48. The number of nitrogens with one attached hydrogen (secondary N) is 1. The lowest BCUT2D eigenvalue weighted by Crippen LogP contribution is -2.56. The van der Waals surface area contributed by atoms with Crippen molar-refractivity contribution in [2.75, 3.05) is 17.1 Å². The first-order chi connectivity index (χ1) is 18.8. The summed E-state index contributed by atoms with van der Waals surface area (Å²) in [6.07, 6.45) is 2.12. The molecular formula is C31H38ClN3O4S. The molecule has 0 radical (unpaired) electrons. The maximum Gasteiger partial charge on any atom is 0.244 e. The van der Waals surface area contributed by atoms with E-state index >= 15 is 0 Å². The predicted molar refractivity (Wildman–Crippen MR) is 162 cm³/mol. The van der Waals surface area contributed by atoms with E-state index in [1.54, 1.807) is 30.3 Å². The summed E-state index contributed by atoms with van der Waals surface area (Å²) in [5.74, 6) is -0.833. The van der Waals surface area contributed by atoms with Crippen LogP contribution in [-0.2, 0) is 39.0 Å². The zero-order valence-electron chi connectivity index (χ0n) is 23.7. The molecule has 0 aliphatic rings. The highest BCUT2D eigenvalue weighted by atomic mass is 35.5. The number of sulfonamides is 1. The SMILES string of the molecule is CCc1ccc(N(CC(=O)N(Cc2cccc(Cl)c2)[C@@H](Cc2ccccc2)C(=O)NC(C)(C)C)S(C)(=O)=O)cc1. The number of halogens is 1. The molecule has 214 valence electrons. The summed E-state index contributed by atoms with van der Waals surface area (Å²) >= 11 is 6.25. The Balaban J connectivity index is 2.06. The highest BCUT2D eigenvalue weighted by Crippen LogP contribution is 2.22. The molecule has 0 saturated heterocycles. The molecule has 3 rings (SSSR count). The van der Waals surface area contributed by atoms with E-state index < -0.39 is 34.1 Å². The number of benzene rings is 3. The number of carbonyl (C=O) groups is 2. The van der Waals surface area contributed by atoms with Crippen molar-refractivity contribution in [3.63, 3.8) is 0 Å². The van der Waals surface area contributed by atoms with Gasteiger partial charge in [-0.25, -0.2) is 8.42 Å². The lowest BCUT2D eigenvalue weighted by atomic mass is 10.0. The van der Waals surface area contributed by atoms with E-state index in [9.17, 15) is 18.0 Å². The number of amides is 2. The Morgan fingerprint density at radius 2 is 1.52 bits per heavy atom. The first kappa shape index (κ1) is 31.2. The van der Waals surface area contributed by atoms with E-state index in [2.05, 4.69) is 5.32 Å². The Morgan fingerprint density at radius 1 is 0.900 bits per heavy atom. The second kappa shape index (κ2) is 13.3. The van der Waals surface area contributed by atoms with Gasteiger partial charge in [0.2, 0.25) is 21.8 Å². The average molecular weight is 584 g/mol. The van der Waals surface area contributed by atoms with Gasteiger partial charge in [0.05, 0.1) is 11.9 Å². The Bertz CT molecular complexity index is 1400. The fourth-order valence-electron chi connectivity index (χ4n) is 4.35. The normalized spacial score (nSPS) is 12.4. The second-order valence-electron chi connectivity index (χ2n) is 10.9. The van der Waals surface area contributed by atoms with Crippen LogP contribution < -0.4 is 9.62 Å². The molecule has 0 aromatic heterocycles. The second-order valence-corrected chi connectivity index (χ2v) is 13.2. The molecule has 0 unspecified atom stereocenters. The van der Waals surface area contributed by atoms with Crippen LogP contribution in [0.1, 0.15) is 44.4 Å². The van der Waals surface area contributed by atoms with Crippen molar-refractivity contribution in [2.24, 2.45) is 0 Å². The quantitative estimate of drug-likeness (QED) is 0.335. The molecular weight excluding hydrogens is 546 g/mol. The number of hydrogen-bond acceptors (Lipinski definition) is 4. The average Bonchev–Trinajstić information content (AvgIpc) is 2.88. The van der Waals surface area contributed by atoms with Crippen LogP contribution in [0.4, 0.5) is 5.69 Å². The zero-order valence-corrected chi connectivity index (χ0v) is 25.3. The van der Waals surface area contributed by atoms with E-state index in [4.69, 9.17) is 11.6 Å². The van der Waals surface area contributed by atoms with Crippen molar-refractivity contribution in [2.45, 2.75) is 58.7 Å². The molecule has 7 nitrogen and oxygen atoms in total. The minimum Gasteiger partial charge on any atom is -0.350 e. The molecule has 0 aliphatic heterocycles. The standard InChI is InChI=1S/C31H38ClN3O4S/c1-6-23-15-17-27(18-16-23)35(40(5,38)39)22-29(36)34(21-25-13-10-14-26(32)19-25)28(30(37)33-31(2,3)4)20-24-11-8-7-9-12-24/h7-19,28H,6,20-22H2,1-5H3,(H,33,37)/t28-/m0/s1. The Labute approximate surface area is 243 Å². The Kier molecular flexibility index (Phi) is 10.4. The molecule has 9 heteroatoms. The van der Waals surface area contributed by atoms with Crippen LogP contribution in [-0.4, -0.2) is 49.5 Å². The lowest BCUT2D eigenvalue weighted by Gasteiger charge is -2.35. The molecule has 40 heavy (non-hydrogen) atoms. The van der Waals surface area contributed by atoms with E-state index in [-0.39, 0.29) is 18.9 Å². The van der Waals surface area contributed by atoms with Gasteiger partial charge in [-0.15, -0.1) is 0 Å². The molecule has 0 saturated carbocycles. The third kappa shape index (κ3) is 9.10. The molecule has 0 aliphatic carbocycles. The van der Waals surface area contributed by atoms with Gasteiger partial charge in [-0.3, -0.25) is 13.9 Å². The molecule has 0 spiro atoms. The van der Waals surface area contributed by atoms with Gasteiger partial charge in [0.15, 0.2) is 0 Å². The smallest absolute Gasteiger partial charge is 0.244 e. The maximum absolute atomic E-state index is 14.1. The summed E-state index contributed by atoms with van der Waals surface area (Å²) < 4.78 is 26.9. The molecule has 1 atom stereocenters. The summed E-state index contributed by atoms with van der Waals surface area (Å²) in [5, 5.41) is 3.51. The molecule has 0 heterocycles. The monoisotopic (exact) mass is 583 g/mol. The van der Waals surface area contributed by atoms with Crippen molar-refractivity contribution >= 4 is 39.1 Å². The number of nitrogens with zero attached hydrogens (tertiary/aromatic N) is 2. The van der Waals surface area contributed by atoms with Gasteiger partial charge in [-0.05, 0) is 68.1 Å². The van der Waals surface area contributed by atoms with Crippen LogP contribution in [0, 0.1) is 0 Å². The van der Waals surface area contributed by atoms with Crippen molar-refractivity contribution in [3.05, 3.63) is 101 Å². The molecule has 0 bridgehead atoms. The van der Waals surface area contributed by atoms with Gasteiger partial charge in [0.25, 0.3) is 0 Å². The number of anilines is 1. The summed E-state index contributed by atoms with van der Waals surface area (Å²) in [6, 6.07) is 22.7. The predicted octanol–water partition coefficient (Wildman–Crippen LogP) is 5.22. The van der Waals surface area contributed by atoms with Crippen LogP contribution in [0.3, 0.4) is 0 Å². The minimum atomic E-state index is -3.82. The van der Waals surface area contributed by atoms with Gasteiger partial charge in [-0.1, -0.05) is 73.1 Å². The first-order valence-electron chi connectivity index (χ1n) is 13.2. The largest absolute Gasteiger partial charge is 0.350 e. The first-order valence-corrected chi connectivity index (χ1v) is 15.5. The maximum atomic E-state index is 14.1. The topological polar surface area (TPSA) is 86.8 Å². The van der Waals surface area contributed by atoms with Crippen LogP contribution in [0.15, 0.2) is 78.9 Å². The molecule has 0 fully saturated rings. The van der Waals surface area contributed by atoms with Gasteiger partial charge in [0.1, 0.15) is 12.6 Å². The number of hydrogen-bond donors (Lipinski definition) is 1. The van der Waals surface area contributed by atoms with E-state index in [1.807, 2.05) is 76.2 Å². The zero-order chi connectivity index (χ0) is 29.5. The minimum absolute atomic E-state index is 0.0703. The van der Waals surface area contributed by atoms with Crippen molar-refractivity contribution in [3.8, 4) is 0 Å². The molecule has 2 amide bonds. The van der Waals surface area contributed by atoms with Crippen LogP contribution in [0.2, 0.25) is 5.02 Å². The van der Waals surface area contributed by atoms with Crippen LogP contribution >= 0.6 is 11.6 Å². The summed E-state index contributed by atoms with van der Waals surface area (Å²) in [6.45, 7) is 7.24. The fourth-order valence-corrected chi connectivity index (χ4v) is 5.41. The van der Waals surface area contributed by atoms with E-state index in [0.29, 0.717) is 10.7 Å². The van der Waals surface area contributed by atoms with Crippen molar-refractivity contribution in [1.29, 1.82) is 0 Å². The van der Waals surface area contributed by atoms with E-state index in [1.165, 1.54) is 4.90 Å². The highest BCUT2D eigenvalue weighted by molar-refractivity contribution is 7.92. The third-order valence-corrected chi connectivity index (χ3v) is 7.70. The Hall–Kier alpha value is -3.36. The summed E-state index contributed by atoms with van der Waals surface area (Å²) in [7, 11) is -3.82. The van der Waals surface area contributed by atoms with Crippen LogP contribution in [0.5, 0.6) is 0 Å². The van der Waals surface area contributed by atoms with Crippen molar-refractivity contribution < 1.29 is 18.0 Å². The number of rotatable bonds is 11. The molecule has 3 aromatic carbocycles. The summed E-state index contributed by atoms with van der Waals surface area (Å²) in [4.78, 5) is 29.3. The molecule has 1 N–H and O–H groups in total. The van der Waals surface area contributed by atoms with Gasteiger partial charge in [0, 0.05) is 23.5 Å². The van der Waals surface area contributed by atoms with Crippen molar-refractivity contribution in [1.82, 2.24) is 10.2 Å². The number of aryl methyl sites for hydroxylation is 1. The highest BCUT2D eigenvalue weighted by Gasteiger charge is 2.34. The van der Waals surface area contributed by atoms with Gasteiger partial charge < -0.3 is 10.2 Å². The van der Waals surface area contributed by atoms with Crippen LogP contribution in [0.25, 0.3) is 0 Å².